The molecule has 0 aliphatic heterocycles. The standard InChI is InChI=1S/C20H20N4O2S/c1-12-8-13(2)19-15(24-26-16(19)9-12)10-18(25)21-6-5-14-20(23-11-22-14)17-4-3-7-27-17/h3-4,7-9,11H,5-6,10H2,1-2H3,(H,21,25)(H,22,23). The molecule has 0 unspecified atom stereocenters. The summed E-state index contributed by atoms with van der Waals surface area (Å²) in [6.45, 7) is 4.56. The molecule has 3 heterocycles. The maximum absolute atomic E-state index is 12.4. The van der Waals surface area contributed by atoms with E-state index in [1.54, 1.807) is 17.7 Å². The fourth-order valence-electron chi connectivity index (χ4n) is 3.32. The maximum atomic E-state index is 12.4. The molecule has 4 rings (SSSR count). The molecule has 0 spiro atoms. The maximum Gasteiger partial charge on any atom is 0.226 e. The lowest BCUT2D eigenvalue weighted by atomic mass is 10.0. The third-order valence-corrected chi connectivity index (χ3v) is 5.36. The molecular weight excluding hydrogens is 360 g/mol. The van der Waals surface area contributed by atoms with Gasteiger partial charge in [-0.3, -0.25) is 4.79 Å². The Morgan fingerprint density at radius 1 is 1.33 bits per heavy atom. The summed E-state index contributed by atoms with van der Waals surface area (Å²) < 4.78 is 5.39. The van der Waals surface area contributed by atoms with Crippen molar-refractivity contribution in [3.8, 4) is 10.6 Å². The first-order valence-corrected chi connectivity index (χ1v) is 9.68. The predicted molar refractivity (Wildman–Crippen MR) is 106 cm³/mol. The van der Waals surface area contributed by atoms with Crippen molar-refractivity contribution in [1.29, 1.82) is 0 Å². The third-order valence-electron chi connectivity index (χ3n) is 4.48. The molecule has 7 heteroatoms. The Labute approximate surface area is 160 Å². The summed E-state index contributed by atoms with van der Waals surface area (Å²) >= 11 is 1.65. The summed E-state index contributed by atoms with van der Waals surface area (Å²) in [6, 6.07) is 8.07. The van der Waals surface area contributed by atoms with Crippen LogP contribution in [0.15, 0.2) is 40.5 Å². The fraction of sp³-hybridized carbons (Fsp3) is 0.250. The number of carbonyl (C=O) groups is 1. The van der Waals surface area contributed by atoms with Crippen LogP contribution in [0.1, 0.15) is 22.5 Å². The number of thiophene rings is 1. The number of aryl methyl sites for hydroxylation is 2. The average Bonchev–Trinajstić information content (AvgIpc) is 3.35. The molecule has 27 heavy (non-hydrogen) atoms. The van der Waals surface area contributed by atoms with Gasteiger partial charge in [0.25, 0.3) is 0 Å². The Morgan fingerprint density at radius 3 is 3.04 bits per heavy atom. The van der Waals surface area contributed by atoms with Gasteiger partial charge in [-0.15, -0.1) is 11.3 Å². The van der Waals surface area contributed by atoms with Gasteiger partial charge in [0.2, 0.25) is 5.91 Å². The van der Waals surface area contributed by atoms with Crippen molar-refractivity contribution in [3.63, 3.8) is 0 Å². The average molecular weight is 380 g/mol. The molecule has 0 saturated heterocycles. The van der Waals surface area contributed by atoms with Gasteiger partial charge in [0.05, 0.1) is 17.6 Å². The highest BCUT2D eigenvalue weighted by Crippen LogP contribution is 2.26. The minimum absolute atomic E-state index is 0.0673. The number of aromatic amines is 1. The number of amides is 1. The summed E-state index contributed by atoms with van der Waals surface area (Å²) in [7, 11) is 0. The molecule has 0 fully saturated rings. The monoisotopic (exact) mass is 380 g/mol. The summed E-state index contributed by atoms with van der Waals surface area (Å²) in [5.74, 6) is -0.0673. The Morgan fingerprint density at radius 2 is 2.22 bits per heavy atom. The first-order valence-electron chi connectivity index (χ1n) is 8.80. The molecular formula is C20H20N4O2S. The van der Waals surface area contributed by atoms with Crippen molar-refractivity contribution in [3.05, 3.63) is 58.5 Å². The molecule has 1 amide bonds. The van der Waals surface area contributed by atoms with Gasteiger partial charge in [-0.25, -0.2) is 4.98 Å². The summed E-state index contributed by atoms with van der Waals surface area (Å²) in [5, 5.41) is 10.0. The van der Waals surface area contributed by atoms with E-state index in [1.807, 2.05) is 37.4 Å². The van der Waals surface area contributed by atoms with Gasteiger partial charge < -0.3 is 14.8 Å². The number of hydrogen-bond acceptors (Lipinski definition) is 5. The second kappa shape index (κ2) is 7.36. The van der Waals surface area contributed by atoms with E-state index in [4.69, 9.17) is 4.52 Å². The zero-order chi connectivity index (χ0) is 18.8. The highest BCUT2D eigenvalue weighted by Gasteiger charge is 2.15. The number of benzene rings is 1. The smallest absolute Gasteiger partial charge is 0.226 e. The molecule has 1 aromatic carbocycles. The van der Waals surface area contributed by atoms with Gasteiger partial charge in [0, 0.05) is 24.0 Å². The van der Waals surface area contributed by atoms with E-state index in [0.29, 0.717) is 18.7 Å². The lowest BCUT2D eigenvalue weighted by Gasteiger charge is -2.05. The van der Waals surface area contributed by atoms with Crippen molar-refractivity contribution in [1.82, 2.24) is 20.4 Å². The molecule has 4 aromatic rings. The van der Waals surface area contributed by atoms with Crippen LogP contribution in [0.5, 0.6) is 0 Å². The quantitative estimate of drug-likeness (QED) is 0.533. The van der Waals surface area contributed by atoms with Gasteiger partial charge in [-0.05, 0) is 42.5 Å². The van der Waals surface area contributed by atoms with E-state index in [0.717, 1.165) is 38.4 Å². The summed E-state index contributed by atoms with van der Waals surface area (Å²) in [5.41, 5.74) is 5.58. The van der Waals surface area contributed by atoms with Crippen LogP contribution in [0.2, 0.25) is 0 Å². The molecule has 138 valence electrons. The number of rotatable bonds is 6. The Bertz CT molecular complexity index is 1080. The number of nitrogens with one attached hydrogen (secondary N) is 2. The lowest BCUT2D eigenvalue weighted by molar-refractivity contribution is -0.120. The predicted octanol–water partition coefficient (Wildman–Crippen LogP) is 3.80. The minimum atomic E-state index is -0.0673. The molecule has 0 aliphatic carbocycles. The number of nitrogens with zero attached hydrogens (tertiary/aromatic N) is 2. The lowest BCUT2D eigenvalue weighted by Crippen LogP contribution is -2.27. The topological polar surface area (TPSA) is 83.8 Å². The fourth-order valence-corrected chi connectivity index (χ4v) is 4.07. The minimum Gasteiger partial charge on any atom is -0.356 e. The molecule has 6 nitrogen and oxygen atoms in total. The number of H-pyrrole nitrogens is 1. The van der Waals surface area contributed by atoms with Crippen LogP contribution in [0.3, 0.4) is 0 Å². The second-order valence-electron chi connectivity index (χ2n) is 6.57. The Kier molecular flexibility index (Phi) is 4.77. The number of aromatic nitrogens is 3. The summed E-state index contributed by atoms with van der Waals surface area (Å²) in [6.07, 6.45) is 2.59. The third kappa shape index (κ3) is 3.64. The molecule has 3 aromatic heterocycles. The van der Waals surface area contributed by atoms with Crippen LogP contribution in [0.25, 0.3) is 21.5 Å². The highest BCUT2D eigenvalue weighted by atomic mass is 32.1. The van der Waals surface area contributed by atoms with Crippen molar-refractivity contribution in [2.75, 3.05) is 6.54 Å². The SMILES string of the molecule is Cc1cc(C)c2c(CC(=O)NCCc3[nH]cnc3-c3cccs3)noc2c1. The van der Waals surface area contributed by atoms with Gasteiger partial charge in [0.1, 0.15) is 11.4 Å². The zero-order valence-corrected chi connectivity index (χ0v) is 16.0. The van der Waals surface area contributed by atoms with Crippen molar-refractivity contribution in [2.45, 2.75) is 26.7 Å². The molecule has 0 radical (unpaired) electrons. The molecule has 0 saturated carbocycles. The highest BCUT2D eigenvalue weighted by molar-refractivity contribution is 7.13. The van der Waals surface area contributed by atoms with Crippen LogP contribution < -0.4 is 5.32 Å². The van der Waals surface area contributed by atoms with E-state index in [9.17, 15) is 4.79 Å². The van der Waals surface area contributed by atoms with Crippen molar-refractivity contribution in [2.24, 2.45) is 0 Å². The first kappa shape index (κ1) is 17.5. The number of fused-ring (bicyclic) bond motifs is 1. The van der Waals surface area contributed by atoms with Crippen molar-refractivity contribution < 1.29 is 9.32 Å². The van der Waals surface area contributed by atoms with Crippen LogP contribution >= 0.6 is 11.3 Å². The summed E-state index contributed by atoms with van der Waals surface area (Å²) in [4.78, 5) is 21.0. The molecule has 0 bridgehead atoms. The zero-order valence-electron chi connectivity index (χ0n) is 15.2. The second-order valence-corrected chi connectivity index (χ2v) is 7.52. The number of imidazole rings is 1. The normalized spacial score (nSPS) is 11.2. The Hall–Kier alpha value is -2.93. The van der Waals surface area contributed by atoms with E-state index < -0.39 is 0 Å². The van der Waals surface area contributed by atoms with Gasteiger partial charge in [-0.2, -0.15) is 0 Å². The number of carbonyl (C=O) groups excluding carboxylic acids is 1. The van der Waals surface area contributed by atoms with Crippen LogP contribution in [-0.2, 0) is 17.6 Å². The molecule has 2 N–H and O–H groups in total. The van der Waals surface area contributed by atoms with Crippen LogP contribution in [0, 0.1) is 13.8 Å². The van der Waals surface area contributed by atoms with E-state index in [-0.39, 0.29) is 12.3 Å². The number of hydrogen-bond donors (Lipinski definition) is 2. The van der Waals surface area contributed by atoms with Crippen molar-refractivity contribution >= 4 is 28.2 Å². The Balaban J connectivity index is 1.38. The largest absolute Gasteiger partial charge is 0.356 e. The van der Waals surface area contributed by atoms with Gasteiger partial charge in [-0.1, -0.05) is 17.3 Å². The van der Waals surface area contributed by atoms with Crippen LogP contribution in [-0.4, -0.2) is 27.6 Å². The van der Waals surface area contributed by atoms with E-state index in [2.05, 4.69) is 26.5 Å². The molecule has 0 atom stereocenters. The first-order chi connectivity index (χ1) is 13.1. The van der Waals surface area contributed by atoms with Gasteiger partial charge in [0.15, 0.2) is 5.58 Å². The van der Waals surface area contributed by atoms with E-state index >= 15 is 0 Å². The van der Waals surface area contributed by atoms with Crippen LogP contribution in [0.4, 0.5) is 0 Å². The molecule has 0 aliphatic rings. The van der Waals surface area contributed by atoms with Gasteiger partial charge >= 0.3 is 0 Å². The van der Waals surface area contributed by atoms with E-state index in [1.165, 1.54) is 0 Å².